The van der Waals surface area contributed by atoms with E-state index in [1.54, 1.807) is 6.20 Å². The summed E-state index contributed by atoms with van der Waals surface area (Å²) in [4.78, 5) is 21.0. The second-order valence-electron chi connectivity index (χ2n) is 4.85. The van der Waals surface area contributed by atoms with Crippen LogP contribution in [-0.2, 0) is 11.2 Å². The summed E-state index contributed by atoms with van der Waals surface area (Å²) in [5.74, 6) is 1.33. The first-order valence-electron chi connectivity index (χ1n) is 6.36. The fourth-order valence-corrected chi connectivity index (χ4v) is 2.98. The number of H-pyrrole nitrogens is 1. The van der Waals surface area contributed by atoms with Crippen LogP contribution in [0.5, 0.6) is 0 Å². The molecule has 0 bridgehead atoms. The van der Waals surface area contributed by atoms with Gasteiger partial charge in [-0.2, -0.15) is 0 Å². The number of aromatic nitrogens is 2. The standard InChI is InChI=1S/C12H18N4O/c17-12-8-9(10-2-1-7-16(10)12)13-4-3-11-14-5-6-15-11/h5-6,9-10,13H,1-4,7-8H2,(H,14,15). The van der Waals surface area contributed by atoms with Crippen molar-refractivity contribution < 1.29 is 4.79 Å². The number of imidazole rings is 1. The first kappa shape index (κ1) is 10.8. The number of hydrogen-bond donors (Lipinski definition) is 2. The highest BCUT2D eigenvalue weighted by Gasteiger charge is 2.41. The van der Waals surface area contributed by atoms with E-state index in [-0.39, 0.29) is 0 Å². The third-order valence-electron chi connectivity index (χ3n) is 3.80. The molecule has 0 saturated carbocycles. The summed E-state index contributed by atoms with van der Waals surface area (Å²) in [5, 5.41) is 3.50. The van der Waals surface area contributed by atoms with Gasteiger partial charge in [-0.05, 0) is 12.8 Å². The summed E-state index contributed by atoms with van der Waals surface area (Å²) < 4.78 is 0. The Balaban J connectivity index is 1.51. The van der Waals surface area contributed by atoms with Gasteiger partial charge in [0.25, 0.3) is 0 Å². The van der Waals surface area contributed by atoms with E-state index in [0.717, 1.165) is 38.2 Å². The van der Waals surface area contributed by atoms with E-state index in [1.165, 1.54) is 0 Å². The molecule has 1 aromatic heterocycles. The molecule has 0 aliphatic carbocycles. The molecule has 0 radical (unpaired) electrons. The monoisotopic (exact) mass is 234 g/mol. The quantitative estimate of drug-likeness (QED) is 0.788. The van der Waals surface area contributed by atoms with Crippen molar-refractivity contribution >= 4 is 5.91 Å². The molecule has 17 heavy (non-hydrogen) atoms. The number of nitrogens with one attached hydrogen (secondary N) is 2. The van der Waals surface area contributed by atoms with E-state index >= 15 is 0 Å². The molecule has 0 aromatic carbocycles. The Morgan fingerprint density at radius 1 is 1.59 bits per heavy atom. The maximum absolute atomic E-state index is 11.7. The largest absolute Gasteiger partial charge is 0.349 e. The van der Waals surface area contributed by atoms with E-state index in [2.05, 4.69) is 15.3 Å². The van der Waals surface area contributed by atoms with Gasteiger partial charge in [-0.25, -0.2) is 4.98 Å². The lowest BCUT2D eigenvalue weighted by Gasteiger charge is -2.20. The van der Waals surface area contributed by atoms with Crippen LogP contribution >= 0.6 is 0 Å². The first-order valence-corrected chi connectivity index (χ1v) is 6.36. The molecule has 2 fully saturated rings. The van der Waals surface area contributed by atoms with Crippen molar-refractivity contribution in [2.24, 2.45) is 0 Å². The van der Waals surface area contributed by atoms with Gasteiger partial charge < -0.3 is 15.2 Å². The van der Waals surface area contributed by atoms with Crippen LogP contribution < -0.4 is 5.32 Å². The van der Waals surface area contributed by atoms with Crippen LogP contribution in [0.2, 0.25) is 0 Å². The number of carbonyl (C=O) groups excluding carboxylic acids is 1. The Morgan fingerprint density at radius 3 is 3.35 bits per heavy atom. The molecule has 2 unspecified atom stereocenters. The maximum Gasteiger partial charge on any atom is 0.224 e. The predicted molar refractivity (Wildman–Crippen MR) is 63.4 cm³/mol. The number of fused-ring (bicyclic) bond motifs is 1. The van der Waals surface area contributed by atoms with Crippen molar-refractivity contribution in [3.63, 3.8) is 0 Å². The molecular formula is C12H18N4O. The summed E-state index contributed by atoms with van der Waals surface area (Å²) >= 11 is 0. The van der Waals surface area contributed by atoms with Gasteiger partial charge in [-0.15, -0.1) is 0 Å². The zero-order valence-electron chi connectivity index (χ0n) is 9.85. The van der Waals surface area contributed by atoms with Crippen molar-refractivity contribution in [2.75, 3.05) is 13.1 Å². The fourth-order valence-electron chi connectivity index (χ4n) is 2.98. The Morgan fingerprint density at radius 2 is 2.53 bits per heavy atom. The van der Waals surface area contributed by atoms with Gasteiger partial charge in [0.15, 0.2) is 0 Å². The van der Waals surface area contributed by atoms with E-state index in [9.17, 15) is 4.79 Å². The molecule has 5 heteroatoms. The summed E-state index contributed by atoms with van der Waals surface area (Å²) in [7, 11) is 0. The predicted octanol–water partition coefficient (Wildman–Crippen LogP) is 0.305. The number of rotatable bonds is 4. The zero-order chi connectivity index (χ0) is 11.7. The minimum atomic E-state index is 0.322. The molecule has 2 aliphatic heterocycles. The second kappa shape index (κ2) is 4.49. The summed E-state index contributed by atoms with van der Waals surface area (Å²) in [6.07, 6.45) is 7.49. The molecule has 3 heterocycles. The first-order chi connectivity index (χ1) is 8.34. The van der Waals surface area contributed by atoms with Crippen LogP contribution in [0.1, 0.15) is 25.1 Å². The Labute approximate surface area is 101 Å². The van der Waals surface area contributed by atoms with E-state index in [0.29, 0.717) is 24.4 Å². The highest BCUT2D eigenvalue weighted by molar-refractivity contribution is 5.80. The van der Waals surface area contributed by atoms with Crippen LogP contribution in [0, 0.1) is 0 Å². The molecule has 2 aliphatic rings. The summed E-state index contributed by atoms with van der Waals surface area (Å²) in [6.45, 7) is 1.84. The van der Waals surface area contributed by atoms with Crippen molar-refractivity contribution in [3.8, 4) is 0 Å². The normalized spacial score (nSPS) is 27.8. The number of nitrogens with zero attached hydrogens (tertiary/aromatic N) is 2. The molecule has 3 rings (SSSR count). The minimum Gasteiger partial charge on any atom is -0.349 e. The number of aromatic amines is 1. The maximum atomic E-state index is 11.7. The third-order valence-corrected chi connectivity index (χ3v) is 3.80. The third kappa shape index (κ3) is 2.07. The molecule has 1 amide bonds. The van der Waals surface area contributed by atoms with E-state index < -0.39 is 0 Å². The smallest absolute Gasteiger partial charge is 0.224 e. The molecule has 0 spiro atoms. The Bertz CT molecular complexity index is 389. The van der Waals surface area contributed by atoms with Crippen LogP contribution in [0.4, 0.5) is 0 Å². The van der Waals surface area contributed by atoms with Gasteiger partial charge in [-0.1, -0.05) is 0 Å². The highest BCUT2D eigenvalue weighted by atomic mass is 16.2. The zero-order valence-corrected chi connectivity index (χ0v) is 9.85. The SMILES string of the molecule is O=C1CC(NCCc2ncc[nH]2)C2CCCN12. The van der Waals surface area contributed by atoms with Crippen LogP contribution in [0.15, 0.2) is 12.4 Å². The summed E-state index contributed by atoms with van der Waals surface area (Å²) in [5.41, 5.74) is 0. The average Bonchev–Trinajstić information content (AvgIpc) is 3.01. The molecule has 2 saturated heterocycles. The van der Waals surface area contributed by atoms with Crippen molar-refractivity contribution in [1.82, 2.24) is 20.2 Å². The van der Waals surface area contributed by atoms with Crippen LogP contribution in [0.3, 0.4) is 0 Å². The Hall–Kier alpha value is -1.36. The number of amides is 1. The molecular weight excluding hydrogens is 216 g/mol. The number of hydrogen-bond acceptors (Lipinski definition) is 3. The minimum absolute atomic E-state index is 0.322. The Kier molecular flexibility index (Phi) is 2.84. The van der Waals surface area contributed by atoms with Crippen molar-refractivity contribution in [2.45, 2.75) is 37.8 Å². The van der Waals surface area contributed by atoms with Crippen molar-refractivity contribution in [1.29, 1.82) is 0 Å². The van der Waals surface area contributed by atoms with Gasteiger partial charge in [0.2, 0.25) is 5.91 Å². The summed E-state index contributed by atoms with van der Waals surface area (Å²) in [6, 6.07) is 0.791. The van der Waals surface area contributed by atoms with Crippen LogP contribution in [0.25, 0.3) is 0 Å². The number of carbonyl (C=O) groups is 1. The molecule has 2 atom stereocenters. The van der Waals surface area contributed by atoms with Gasteiger partial charge in [-0.3, -0.25) is 4.79 Å². The fraction of sp³-hybridized carbons (Fsp3) is 0.667. The topological polar surface area (TPSA) is 61.0 Å². The van der Waals surface area contributed by atoms with E-state index in [1.807, 2.05) is 11.1 Å². The van der Waals surface area contributed by atoms with Gasteiger partial charge >= 0.3 is 0 Å². The molecule has 2 N–H and O–H groups in total. The highest BCUT2D eigenvalue weighted by Crippen LogP contribution is 2.28. The van der Waals surface area contributed by atoms with E-state index in [4.69, 9.17) is 0 Å². The second-order valence-corrected chi connectivity index (χ2v) is 4.85. The lowest BCUT2D eigenvalue weighted by atomic mass is 10.1. The van der Waals surface area contributed by atoms with Crippen LogP contribution in [-0.4, -0.2) is 45.9 Å². The molecule has 92 valence electrons. The van der Waals surface area contributed by atoms with Gasteiger partial charge in [0.1, 0.15) is 5.82 Å². The lowest BCUT2D eigenvalue weighted by molar-refractivity contribution is -0.127. The van der Waals surface area contributed by atoms with Gasteiger partial charge in [0.05, 0.1) is 0 Å². The molecule has 1 aromatic rings. The average molecular weight is 234 g/mol. The van der Waals surface area contributed by atoms with Gasteiger partial charge in [0, 0.05) is 50.4 Å². The molecule has 5 nitrogen and oxygen atoms in total. The van der Waals surface area contributed by atoms with Crippen molar-refractivity contribution in [3.05, 3.63) is 18.2 Å². The lowest BCUT2D eigenvalue weighted by Crippen LogP contribution is -2.40.